The summed E-state index contributed by atoms with van der Waals surface area (Å²) in [4.78, 5) is 4.45. The third kappa shape index (κ3) is 2.42. The quantitative estimate of drug-likeness (QED) is 0.775. The zero-order valence-corrected chi connectivity index (χ0v) is 9.82. The molecule has 0 bridgehead atoms. The molecule has 0 aliphatic rings. The van der Waals surface area contributed by atoms with E-state index in [0.29, 0.717) is 6.61 Å². The summed E-state index contributed by atoms with van der Waals surface area (Å²) in [6.45, 7) is 2.83. The molecule has 0 amide bonds. The Morgan fingerprint density at radius 1 is 1.31 bits per heavy atom. The van der Waals surface area contributed by atoms with Gasteiger partial charge in [0.05, 0.1) is 6.61 Å². The van der Waals surface area contributed by atoms with Crippen molar-refractivity contribution in [1.29, 1.82) is 0 Å². The molecule has 0 atom stereocenters. The average Bonchev–Trinajstić information content (AvgIpc) is 2.68. The molecule has 1 aromatic carbocycles. The summed E-state index contributed by atoms with van der Waals surface area (Å²) in [7, 11) is 1.68. The maximum absolute atomic E-state index is 5.61. The van der Waals surface area contributed by atoms with Gasteiger partial charge < -0.3 is 9.15 Å². The molecule has 2 rings (SSSR count). The molecule has 0 aliphatic heterocycles. The Balaban J connectivity index is 2.23. The highest BCUT2D eigenvalue weighted by molar-refractivity contribution is 5.73. The molecule has 1 heterocycles. The predicted molar refractivity (Wildman–Crippen MR) is 63.6 cm³/mol. The third-order valence-electron chi connectivity index (χ3n) is 2.55. The number of aryl methyl sites for hydroxylation is 1. The molecule has 0 saturated heterocycles. The van der Waals surface area contributed by atoms with Crippen molar-refractivity contribution in [2.75, 3.05) is 13.7 Å². The molecule has 0 aliphatic carbocycles. The van der Waals surface area contributed by atoms with E-state index in [1.165, 1.54) is 5.56 Å². The first-order valence-corrected chi connectivity index (χ1v) is 5.70. The van der Waals surface area contributed by atoms with Crippen LogP contribution in [0.4, 0.5) is 0 Å². The summed E-state index contributed by atoms with van der Waals surface area (Å²) in [5.41, 5.74) is 3.14. The third-order valence-corrected chi connectivity index (χ3v) is 2.55. The molecule has 2 aromatic rings. The molecule has 3 heteroatoms. The smallest absolute Gasteiger partial charge is 0.197 e. The number of fused-ring (bicyclic) bond motifs is 1. The monoisotopic (exact) mass is 219 g/mol. The van der Waals surface area contributed by atoms with E-state index in [-0.39, 0.29) is 0 Å². The zero-order valence-electron chi connectivity index (χ0n) is 9.82. The molecule has 0 fully saturated rings. The van der Waals surface area contributed by atoms with Gasteiger partial charge in [-0.05, 0) is 24.1 Å². The summed E-state index contributed by atoms with van der Waals surface area (Å²) in [5.74, 6) is 0.755. The minimum absolute atomic E-state index is 0.647. The average molecular weight is 219 g/mol. The first kappa shape index (κ1) is 11.1. The minimum Gasteiger partial charge on any atom is -0.441 e. The van der Waals surface area contributed by atoms with Crippen molar-refractivity contribution in [1.82, 2.24) is 4.98 Å². The van der Waals surface area contributed by atoms with Gasteiger partial charge in [0.1, 0.15) is 5.52 Å². The lowest BCUT2D eigenvalue weighted by molar-refractivity contribution is 0.196. The Bertz CT molecular complexity index is 462. The van der Waals surface area contributed by atoms with E-state index in [4.69, 9.17) is 9.15 Å². The maximum Gasteiger partial charge on any atom is 0.197 e. The van der Waals surface area contributed by atoms with Gasteiger partial charge in [0.2, 0.25) is 0 Å². The number of ether oxygens (including phenoxy) is 1. The van der Waals surface area contributed by atoms with Gasteiger partial charge in [-0.2, -0.15) is 0 Å². The first-order valence-electron chi connectivity index (χ1n) is 5.70. The van der Waals surface area contributed by atoms with Crippen LogP contribution in [0, 0.1) is 0 Å². The largest absolute Gasteiger partial charge is 0.441 e. The molecule has 0 unspecified atom stereocenters. The molecule has 0 N–H and O–H groups in total. The van der Waals surface area contributed by atoms with Crippen molar-refractivity contribution in [2.24, 2.45) is 0 Å². The van der Waals surface area contributed by atoms with E-state index in [9.17, 15) is 0 Å². The first-order chi connectivity index (χ1) is 7.83. The van der Waals surface area contributed by atoms with E-state index in [0.717, 1.165) is 36.3 Å². The van der Waals surface area contributed by atoms with Gasteiger partial charge in [0.25, 0.3) is 0 Å². The fourth-order valence-electron chi connectivity index (χ4n) is 1.76. The molecular weight excluding hydrogens is 202 g/mol. The standard InChI is InChI=1S/C13H17NO2/c1-3-4-10-5-6-12-11(9-10)14-13(16-12)7-8-15-2/h5-6,9H,3-4,7-8H2,1-2H3. The van der Waals surface area contributed by atoms with Gasteiger partial charge in [-0.3, -0.25) is 0 Å². The number of hydrogen-bond acceptors (Lipinski definition) is 3. The van der Waals surface area contributed by atoms with Crippen LogP contribution in [-0.2, 0) is 17.6 Å². The maximum atomic E-state index is 5.61. The highest BCUT2D eigenvalue weighted by Gasteiger charge is 2.05. The van der Waals surface area contributed by atoms with Gasteiger partial charge in [-0.15, -0.1) is 0 Å². The van der Waals surface area contributed by atoms with Crippen LogP contribution in [0.3, 0.4) is 0 Å². The minimum atomic E-state index is 0.647. The van der Waals surface area contributed by atoms with Crippen molar-refractivity contribution in [2.45, 2.75) is 26.2 Å². The molecular formula is C13H17NO2. The number of rotatable bonds is 5. The molecule has 3 nitrogen and oxygen atoms in total. The van der Waals surface area contributed by atoms with Gasteiger partial charge in [0, 0.05) is 13.5 Å². The number of aromatic nitrogens is 1. The number of hydrogen-bond donors (Lipinski definition) is 0. The SMILES string of the molecule is CCCc1ccc2oc(CCOC)nc2c1. The van der Waals surface area contributed by atoms with E-state index in [1.807, 2.05) is 6.07 Å². The second-order valence-electron chi connectivity index (χ2n) is 3.90. The molecule has 0 saturated carbocycles. The topological polar surface area (TPSA) is 35.3 Å². The van der Waals surface area contributed by atoms with Crippen LogP contribution >= 0.6 is 0 Å². The fourth-order valence-corrected chi connectivity index (χ4v) is 1.76. The molecule has 0 spiro atoms. The van der Waals surface area contributed by atoms with E-state index < -0.39 is 0 Å². The summed E-state index contributed by atoms with van der Waals surface area (Å²) < 4.78 is 10.6. The van der Waals surface area contributed by atoms with Crippen molar-refractivity contribution in [3.05, 3.63) is 29.7 Å². The Labute approximate surface area is 95.4 Å². The number of benzene rings is 1. The Morgan fingerprint density at radius 2 is 2.19 bits per heavy atom. The van der Waals surface area contributed by atoms with Crippen molar-refractivity contribution in [3.63, 3.8) is 0 Å². The number of nitrogens with zero attached hydrogens (tertiary/aromatic N) is 1. The van der Waals surface area contributed by atoms with Gasteiger partial charge in [0.15, 0.2) is 11.5 Å². The molecule has 1 aromatic heterocycles. The highest BCUT2D eigenvalue weighted by atomic mass is 16.5. The van der Waals surface area contributed by atoms with Crippen molar-refractivity contribution >= 4 is 11.1 Å². The second kappa shape index (κ2) is 5.12. The van der Waals surface area contributed by atoms with Crippen LogP contribution in [0.2, 0.25) is 0 Å². The summed E-state index contributed by atoms with van der Waals surface area (Å²) in [6, 6.07) is 6.22. The predicted octanol–water partition coefficient (Wildman–Crippen LogP) is 2.97. The summed E-state index contributed by atoms with van der Waals surface area (Å²) in [5, 5.41) is 0. The molecule has 16 heavy (non-hydrogen) atoms. The molecule has 0 radical (unpaired) electrons. The lowest BCUT2D eigenvalue weighted by Crippen LogP contribution is -1.93. The second-order valence-corrected chi connectivity index (χ2v) is 3.90. The fraction of sp³-hybridized carbons (Fsp3) is 0.462. The van der Waals surface area contributed by atoms with E-state index in [2.05, 4.69) is 24.0 Å². The Kier molecular flexibility index (Phi) is 3.57. The van der Waals surface area contributed by atoms with Crippen LogP contribution in [0.1, 0.15) is 24.8 Å². The van der Waals surface area contributed by atoms with Crippen LogP contribution in [0.15, 0.2) is 22.6 Å². The normalized spacial score (nSPS) is 11.1. The number of methoxy groups -OCH3 is 1. The zero-order chi connectivity index (χ0) is 11.4. The van der Waals surface area contributed by atoms with Crippen LogP contribution < -0.4 is 0 Å². The van der Waals surface area contributed by atoms with Crippen LogP contribution in [-0.4, -0.2) is 18.7 Å². The Morgan fingerprint density at radius 3 is 2.94 bits per heavy atom. The lowest BCUT2D eigenvalue weighted by Gasteiger charge is -1.95. The van der Waals surface area contributed by atoms with Gasteiger partial charge >= 0.3 is 0 Å². The van der Waals surface area contributed by atoms with Crippen molar-refractivity contribution in [3.8, 4) is 0 Å². The summed E-state index contributed by atoms with van der Waals surface area (Å²) in [6.07, 6.45) is 2.98. The molecule has 86 valence electrons. The Hall–Kier alpha value is -1.35. The lowest BCUT2D eigenvalue weighted by atomic mass is 10.1. The van der Waals surface area contributed by atoms with E-state index >= 15 is 0 Å². The van der Waals surface area contributed by atoms with Gasteiger partial charge in [-0.25, -0.2) is 4.98 Å². The van der Waals surface area contributed by atoms with Crippen LogP contribution in [0.25, 0.3) is 11.1 Å². The van der Waals surface area contributed by atoms with Gasteiger partial charge in [-0.1, -0.05) is 19.4 Å². The van der Waals surface area contributed by atoms with Crippen molar-refractivity contribution < 1.29 is 9.15 Å². The summed E-state index contributed by atoms with van der Waals surface area (Å²) >= 11 is 0. The number of oxazole rings is 1. The van der Waals surface area contributed by atoms with Crippen LogP contribution in [0.5, 0.6) is 0 Å². The van der Waals surface area contributed by atoms with E-state index in [1.54, 1.807) is 7.11 Å². The highest BCUT2D eigenvalue weighted by Crippen LogP contribution is 2.18.